The summed E-state index contributed by atoms with van der Waals surface area (Å²) >= 11 is 0. The van der Waals surface area contributed by atoms with Gasteiger partial charge in [0.1, 0.15) is 0 Å². The quantitative estimate of drug-likeness (QED) is 0.711. The summed E-state index contributed by atoms with van der Waals surface area (Å²) < 4.78 is 38.3. The first-order valence-electron chi connectivity index (χ1n) is 7.78. The second kappa shape index (κ2) is 6.33. The molecule has 1 aromatic heterocycles. The van der Waals surface area contributed by atoms with Crippen molar-refractivity contribution in [2.75, 3.05) is 5.32 Å². The lowest BCUT2D eigenvalue weighted by Crippen LogP contribution is -2.14. The van der Waals surface area contributed by atoms with Crippen molar-refractivity contribution >= 4 is 22.5 Å². The third-order valence-electron chi connectivity index (χ3n) is 4.28. The molecule has 1 heterocycles. The van der Waals surface area contributed by atoms with Crippen LogP contribution in [0.25, 0.3) is 10.9 Å². The fraction of sp³-hybridized carbons (Fsp3) is 0.158. The molecule has 0 aliphatic heterocycles. The molecule has 0 aliphatic rings. The smallest absolute Gasteiger partial charge is 0.322 e. The Labute approximate surface area is 146 Å². The molecule has 0 unspecified atom stereocenters. The van der Waals surface area contributed by atoms with Crippen molar-refractivity contribution < 1.29 is 18.0 Å². The number of aromatic nitrogens is 1. The van der Waals surface area contributed by atoms with Gasteiger partial charge in [-0.05, 0) is 49.7 Å². The Morgan fingerprint density at radius 2 is 1.77 bits per heavy atom. The zero-order valence-electron chi connectivity index (χ0n) is 14.0. The third kappa shape index (κ3) is 3.33. The van der Waals surface area contributed by atoms with Crippen LogP contribution in [0.5, 0.6) is 0 Å². The Kier molecular flexibility index (Phi) is 4.31. The number of carbonyl (C=O) groups excluding carboxylic acids is 1. The van der Waals surface area contributed by atoms with Crippen LogP contribution in [-0.2, 0) is 6.18 Å². The first kappa shape index (κ1) is 17.7. The number of carbonyl (C=O) groups is 1. The second-order valence-corrected chi connectivity index (χ2v) is 6.00. The summed E-state index contributed by atoms with van der Waals surface area (Å²) in [6.07, 6.45) is -4.52. The molecule has 0 aliphatic carbocycles. The van der Waals surface area contributed by atoms with E-state index in [2.05, 4.69) is 10.3 Å². The number of H-pyrrole nitrogens is 1. The maximum absolute atomic E-state index is 12.8. The molecular weight excluding hydrogens is 345 g/mol. The molecule has 0 spiro atoms. The molecule has 3 aromatic rings. The summed E-state index contributed by atoms with van der Waals surface area (Å²) in [7, 11) is 0. The van der Waals surface area contributed by atoms with Crippen LogP contribution in [0, 0.1) is 13.8 Å². The number of pyridine rings is 1. The number of amides is 1. The van der Waals surface area contributed by atoms with E-state index in [4.69, 9.17) is 0 Å². The molecular formula is C19H15F3N2O2. The van der Waals surface area contributed by atoms with Gasteiger partial charge in [-0.1, -0.05) is 12.1 Å². The van der Waals surface area contributed by atoms with Gasteiger partial charge in [-0.15, -0.1) is 0 Å². The van der Waals surface area contributed by atoms with E-state index in [0.717, 1.165) is 23.1 Å². The lowest BCUT2D eigenvalue weighted by atomic mass is 10.1. The van der Waals surface area contributed by atoms with E-state index in [9.17, 15) is 22.8 Å². The molecule has 26 heavy (non-hydrogen) atoms. The van der Waals surface area contributed by atoms with Gasteiger partial charge in [-0.2, -0.15) is 13.2 Å². The molecule has 0 saturated carbocycles. The van der Waals surface area contributed by atoms with E-state index < -0.39 is 17.6 Å². The maximum atomic E-state index is 12.8. The van der Waals surface area contributed by atoms with Crippen molar-refractivity contribution in [3.05, 3.63) is 75.1 Å². The molecule has 7 heteroatoms. The fourth-order valence-electron chi connectivity index (χ4n) is 2.68. The Morgan fingerprint density at radius 3 is 2.46 bits per heavy atom. The molecule has 2 aromatic carbocycles. The Hall–Kier alpha value is -3.09. The summed E-state index contributed by atoms with van der Waals surface area (Å²) in [4.78, 5) is 26.9. The highest BCUT2D eigenvalue weighted by Gasteiger charge is 2.30. The Morgan fingerprint density at radius 1 is 1.04 bits per heavy atom. The van der Waals surface area contributed by atoms with Crippen LogP contribution in [-0.4, -0.2) is 10.9 Å². The van der Waals surface area contributed by atoms with Crippen molar-refractivity contribution in [3.63, 3.8) is 0 Å². The minimum atomic E-state index is -4.52. The summed E-state index contributed by atoms with van der Waals surface area (Å²) in [6, 6.07) is 9.15. The minimum absolute atomic E-state index is 0.103. The molecule has 134 valence electrons. The minimum Gasteiger partial charge on any atom is -0.322 e. The third-order valence-corrected chi connectivity index (χ3v) is 4.28. The van der Waals surface area contributed by atoms with E-state index in [-0.39, 0.29) is 11.1 Å². The van der Waals surface area contributed by atoms with E-state index in [1.165, 1.54) is 12.1 Å². The number of anilines is 1. The number of rotatable bonds is 2. The monoisotopic (exact) mass is 360 g/mol. The summed E-state index contributed by atoms with van der Waals surface area (Å²) in [5, 5.41) is 3.39. The van der Waals surface area contributed by atoms with Crippen molar-refractivity contribution in [2.45, 2.75) is 20.0 Å². The molecule has 0 fully saturated rings. The molecule has 4 nitrogen and oxygen atoms in total. The van der Waals surface area contributed by atoms with Gasteiger partial charge in [0.15, 0.2) is 0 Å². The van der Waals surface area contributed by atoms with Crippen LogP contribution < -0.4 is 10.9 Å². The standard InChI is InChI=1S/C19H15F3N2O2/c1-10-11(2)17(25)24-16-9-14(6-7-15(10)16)23-18(26)12-4-3-5-13(8-12)19(20,21)22/h3-9H,1-2H3,(H,23,26)(H,24,25). The highest BCUT2D eigenvalue weighted by molar-refractivity contribution is 6.05. The topological polar surface area (TPSA) is 62.0 Å². The zero-order chi connectivity index (χ0) is 19.1. The number of aryl methyl sites for hydroxylation is 1. The van der Waals surface area contributed by atoms with Crippen LogP contribution in [0.2, 0.25) is 0 Å². The second-order valence-electron chi connectivity index (χ2n) is 6.00. The fourth-order valence-corrected chi connectivity index (χ4v) is 2.68. The van der Waals surface area contributed by atoms with Crippen molar-refractivity contribution in [1.82, 2.24) is 4.98 Å². The van der Waals surface area contributed by atoms with Crippen LogP contribution in [0.3, 0.4) is 0 Å². The molecule has 0 radical (unpaired) electrons. The van der Waals surface area contributed by atoms with Gasteiger partial charge in [-0.3, -0.25) is 9.59 Å². The van der Waals surface area contributed by atoms with Crippen molar-refractivity contribution in [2.24, 2.45) is 0 Å². The zero-order valence-corrected chi connectivity index (χ0v) is 14.0. The van der Waals surface area contributed by atoms with Crippen LogP contribution >= 0.6 is 0 Å². The Bertz CT molecular complexity index is 1070. The molecule has 2 N–H and O–H groups in total. The van der Waals surface area contributed by atoms with Crippen LogP contribution in [0.4, 0.5) is 18.9 Å². The van der Waals surface area contributed by atoms with E-state index >= 15 is 0 Å². The summed E-state index contributed by atoms with van der Waals surface area (Å²) in [5.74, 6) is -0.665. The number of alkyl halides is 3. The molecule has 0 saturated heterocycles. The lowest BCUT2D eigenvalue weighted by Gasteiger charge is -2.11. The highest BCUT2D eigenvalue weighted by atomic mass is 19.4. The van der Waals surface area contributed by atoms with Gasteiger partial charge in [0.25, 0.3) is 11.5 Å². The van der Waals surface area contributed by atoms with Gasteiger partial charge in [0, 0.05) is 22.2 Å². The summed E-state index contributed by atoms with van der Waals surface area (Å²) in [5.41, 5.74) is 1.14. The first-order valence-corrected chi connectivity index (χ1v) is 7.78. The number of nitrogens with one attached hydrogen (secondary N) is 2. The lowest BCUT2D eigenvalue weighted by molar-refractivity contribution is -0.137. The summed E-state index contributed by atoms with van der Waals surface area (Å²) in [6.45, 7) is 3.55. The molecule has 3 rings (SSSR count). The van der Waals surface area contributed by atoms with Gasteiger partial charge in [-0.25, -0.2) is 0 Å². The number of benzene rings is 2. The highest BCUT2D eigenvalue weighted by Crippen LogP contribution is 2.29. The SMILES string of the molecule is Cc1c(C)c2ccc(NC(=O)c3cccc(C(F)(F)F)c3)cc2[nH]c1=O. The first-order chi connectivity index (χ1) is 12.2. The average molecular weight is 360 g/mol. The number of hydrogen-bond acceptors (Lipinski definition) is 2. The number of fused-ring (bicyclic) bond motifs is 1. The Balaban J connectivity index is 1.93. The number of hydrogen-bond donors (Lipinski definition) is 2. The van der Waals surface area contributed by atoms with Gasteiger partial charge >= 0.3 is 6.18 Å². The predicted octanol–water partition coefficient (Wildman–Crippen LogP) is 4.42. The van der Waals surface area contributed by atoms with Gasteiger partial charge < -0.3 is 10.3 Å². The molecule has 0 atom stereocenters. The van der Waals surface area contributed by atoms with E-state index in [1.807, 2.05) is 6.92 Å². The largest absolute Gasteiger partial charge is 0.416 e. The predicted molar refractivity (Wildman–Crippen MR) is 93.4 cm³/mol. The average Bonchev–Trinajstić information content (AvgIpc) is 2.59. The van der Waals surface area contributed by atoms with Crippen molar-refractivity contribution in [1.29, 1.82) is 0 Å². The maximum Gasteiger partial charge on any atom is 0.416 e. The van der Waals surface area contributed by atoms with Gasteiger partial charge in [0.2, 0.25) is 0 Å². The van der Waals surface area contributed by atoms with E-state index in [0.29, 0.717) is 16.8 Å². The normalized spacial score (nSPS) is 11.6. The van der Waals surface area contributed by atoms with E-state index in [1.54, 1.807) is 25.1 Å². The van der Waals surface area contributed by atoms with Crippen molar-refractivity contribution in [3.8, 4) is 0 Å². The molecule has 1 amide bonds. The number of aromatic amines is 1. The van der Waals surface area contributed by atoms with Gasteiger partial charge in [0.05, 0.1) is 11.1 Å². The van der Waals surface area contributed by atoms with Crippen LogP contribution in [0.15, 0.2) is 47.3 Å². The molecule has 0 bridgehead atoms. The van der Waals surface area contributed by atoms with Crippen LogP contribution in [0.1, 0.15) is 27.0 Å². The number of halogens is 3.